The third-order valence-electron chi connectivity index (χ3n) is 3.66. The van der Waals surface area contributed by atoms with Gasteiger partial charge in [-0.1, -0.05) is 50.3 Å². The Bertz CT molecular complexity index is 524. The fourth-order valence-electron chi connectivity index (χ4n) is 2.43. The molecule has 0 spiro atoms. The Balaban J connectivity index is 1.99. The summed E-state index contributed by atoms with van der Waals surface area (Å²) in [6.07, 6.45) is 7.83. The molecule has 2 nitrogen and oxygen atoms in total. The Morgan fingerprint density at radius 2 is 2.00 bits per heavy atom. The summed E-state index contributed by atoms with van der Waals surface area (Å²) >= 11 is 0. The van der Waals surface area contributed by atoms with Crippen LogP contribution < -0.4 is 0 Å². The van der Waals surface area contributed by atoms with Crippen LogP contribution in [-0.2, 0) is 9.53 Å². The number of carbonyl (C=O) groups excluding carboxylic acids is 1. The Hall–Kier alpha value is -1.83. The predicted octanol–water partition coefficient (Wildman–Crippen LogP) is 4.77. The van der Waals surface area contributed by atoms with Crippen molar-refractivity contribution in [3.63, 3.8) is 0 Å². The molecule has 21 heavy (non-hydrogen) atoms. The molecule has 0 radical (unpaired) electrons. The Morgan fingerprint density at radius 1 is 1.24 bits per heavy atom. The van der Waals surface area contributed by atoms with Crippen LogP contribution in [-0.4, -0.2) is 12.6 Å². The highest BCUT2D eigenvalue weighted by Gasteiger charge is 2.11. The van der Waals surface area contributed by atoms with E-state index in [-0.39, 0.29) is 5.97 Å². The van der Waals surface area contributed by atoms with Crippen LogP contribution in [0.2, 0.25) is 0 Å². The molecular weight excluding hydrogens is 260 g/mol. The molecule has 0 aliphatic heterocycles. The van der Waals surface area contributed by atoms with Crippen LogP contribution in [0.15, 0.2) is 48.1 Å². The molecule has 0 N–H and O–H groups in total. The largest absolute Gasteiger partial charge is 0.463 e. The maximum Gasteiger partial charge on any atom is 0.331 e. The summed E-state index contributed by atoms with van der Waals surface area (Å²) in [7, 11) is 0. The van der Waals surface area contributed by atoms with E-state index in [2.05, 4.69) is 32.1 Å². The predicted molar refractivity (Wildman–Crippen MR) is 86.8 cm³/mol. The molecule has 0 bridgehead atoms. The summed E-state index contributed by atoms with van der Waals surface area (Å²) in [4.78, 5) is 11.8. The maximum atomic E-state index is 11.8. The van der Waals surface area contributed by atoms with Gasteiger partial charge in [0, 0.05) is 6.08 Å². The molecular formula is C19H24O2. The molecule has 0 fully saturated rings. The molecule has 1 aliphatic carbocycles. The van der Waals surface area contributed by atoms with Crippen LogP contribution in [0.3, 0.4) is 0 Å². The lowest BCUT2D eigenvalue weighted by Crippen LogP contribution is -2.06. The number of carbonyl (C=O) groups is 1. The van der Waals surface area contributed by atoms with Gasteiger partial charge in [0.2, 0.25) is 0 Å². The molecule has 0 heterocycles. The molecule has 1 aromatic carbocycles. The van der Waals surface area contributed by atoms with Crippen molar-refractivity contribution in [2.24, 2.45) is 5.92 Å². The number of benzene rings is 1. The average Bonchev–Trinajstić information content (AvgIpc) is 2.48. The third-order valence-corrected chi connectivity index (χ3v) is 3.66. The maximum absolute atomic E-state index is 11.8. The first-order valence-corrected chi connectivity index (χ1v) is 7.78. The third kappa shape index (κ3) is 5.22. The van der Waals surface area contributed by atoms with Crippen molar-refractivity contribution >= 4 is 11.5 Å². The molecule has 0 amide bonds. The Kier molecular flexibility index (Phi) is 5.79. The number of hydrogen-bond acceptors (Lipinski definition) is 2. The Morgan fingerprint density at radius 3 is 2.71 bits per heavy atom. The van der Waals surface area contributed by atoms with E-state index in [1.165, 1.54) is 11.1 Å². The van der Waals surface area contributed by atoms with Crippen molar-refractivity contribution in [2.45, 2.75) is 39.5 Å². The number of allylic oxidation sites excluding steroid dienone is 3. The fraction of sp³-hybridized carbons (Fsp3) is 0.421. The SMILES string of the molecule is CC(C)CCOC(=O)C=C1C=C(c2ccccc2)CCC1. The second-order valence-corrected chi connectivity index (χ2v) is 5.96. The minimum atomic E-state index is -0.212. The second-order valence-electron chi connectivity index (χ2n) is 5.96. The zero-order valence-electron chi connectivity index (χ0n) is 13.0. The average molecular weight is 284 g/mol. The lowest BCUT2D eigenvalue weighted by Gasteiger charge is -2.15. The van der Waals surface area contributed by atoms with E-state index in [0.717, 1.165) is 31.3 Å². The van der Waals surface area contributed by atoms with Crippen molar-refractivity contribution < 1.29 is 9.53 Å². The van der Waals surface area contributed by atoms with E-state index in [0.29, 0.717) is 12.5 Å². The van der Waals surface area contributed by atoms with Gasteiger partial charge >= 0.3 is 5.97 Å². The van der Waals surface area contributed by atoms with E-state index in [1.807, 2.05) is 18.2 Å². The van der Waals surface area contributed by atoms with Gasteiger partial charge in [0.05, 0.1) is 6.61 Å². The minimum absolute atomic E-state index is 0.212. The summed E-state index contributed by atoms with van der Waals surface area (Å²) < 4.78 is 5.25. The number of hydrogen-bond donors (Lipinski definition) is 0. The standard InChI is InChI=1S/C19H24O2/c1-15(2)11-12-21-19(20)14-16-7-6-10-18(13-16)17-8-4-3-5-9-17/h3-5,8-9,13-15H,6-7,10-12H2,1-2H3. The zero-order chi connectivity index (χ0) is 15.1. The Labute approximate surface area is 127 Å². The monoisotopic (exact) mass is 284 g/mol. The van der Waals surface area contributed by atoms with Gasteiger partial charge in [-0.3, -0.25) is 0 Å². The summed E-state index contributed by atoms with van der Waals surface area (Å²) in [5.74, 6) is 0.348. The number of ether oxygens (including phenoxy) is 1. The lowest BCUT2D eigenvalue weighted by atomic mass is 9.90. The number of rotatable bonds is 5. The van der Waals surface area contributed by atoms with Crippen LogP contribution >= 0.6 is 0 Å². The van der Waals surface area contributed by atoms with Gasteiger partial charge in [0.15, 0.2) is 0 Å². The molecule has 1 aromatic rings. The van der Waals surface area contributed by atoms with Crippen molar-refractivity contribution in [3.8, 4) is 0 Å². The van der Waals surface area contributed by atoms with Gasteiger partial charge in [0.1, 0.15) is 0 Å². The zero-order valence-corrected chi connectivity index (χ0v) is 13.0. The van der Waals surface area contributed by atoms with E-state index >= 15 is 0 Å². The van der Waals surface area contributed by atoms with E-state index in [9.17, 15) is 4.79 Å². The molecule has 0 atom stereocenters. The summed E-state index contributed by atoms with van der Waals surface area (Å²) in [6, 6.07) is 10.4. The minimum Gasteiger partial charge on any atom is -0.463 e. The van der Waals surface area contributed by atoms with Gasteiger partial charge in [-0.15, -0.1) is 0 Å². The van der Waals surface area contributed by atoms with Gasteiger partial charge in [-0.25, -0.2) is 4.79 Å². The highest BCUT2D eigenvalue weighted by Crippen LogP contribution is 2.29. The second kappa shape index (κ2) is 7.82. The quantitative estimate of drug-likeness (QED) is 0.575. The van der Waals surface area contributed by atoms with Crippen molar-refractivity contribution in [2.75, 3.05) is 6.61 Å². The van der Waals surface area contributed by atoms with Gasteiger partial charge < -0.3 is 4.74 Å². The first kappa shape index (κ1) is 15.6. The molecule has 2 rings (SSSR count). The normalized spacial score (nSPS) is 16.9. The molecule has 0 unspecified atom stereocenters. The van der Waals surface area contributed by atoms with Gasteiger partial charge in [-0.05, 0) is 48.3 Å². The first-order chi connectivity index (χ1) is 10.1. The topological polar surface area (TPSA) is 26.3 Å². The van der Waals surface area contributed by atoms with Crippen LogP contribution in [0.5, 0.6) is 0 Å². The molecule has 0 aromatic heterocycles. The fourth-order valence-corrected chi connectivity index (χ4v) is 2.43. The first-order valence-electron chi connectivity index (χ1n) is 7.78. The van der Waals surface area contributed by atoms with Crippen molar-refractivity contribution in [1.29, 1.82) is 0 Å². The summed E-state index contributed by atoms with van der Waals surface area (Å²) in [6.45, 7) is 4.76. The van der Waals surface area contributed by atoms with E-state index in [1.54, 1.807) is 6.08 Å². The summed E-state index contributed by atoms with van der Waals surface area (Å²) in [5.41, 5.74) is 3.63. The van der Waals surface area contributed by atoms with E-state index < -0.39 is 0 Å². The molecule has 2 heteroatoms. The smallest absolute Gasteiger partial charge is 0.331 e. The highest BCUT2D eigenvalue weighted by molar-refractivity contribution is 5.84. The van der Waals surface area contributed by atoms with Gasteiger partial charge in [0.25, 0.3) is 0 Å². The number of esters is 1. The van der Waals surface area contributed by atoms with Crippen LogP contribution in [0.4, 0.5) is 0 Å². The highest BCUT2D eigenvalue weighted by atomic mass is 16.5. The van der Waals surface area contributed by atoms with Crippen molar-refractivity contribution in [3.05, 3.63) is 53.6 Å². The summed E-state index contributed by atoms with van der Waals surface area (Å²) in [5, 5.41) is 0. The molecule has 0 saturated heterocycles. The molecule has 0 saturated carbocycles. The van der Waals surface area contributed by atoms with Crippen LogP contribution in [0.1, 0.15) is 45.1 Å². The molecule has 112 valence electrons. The van der Waals surface area contributed by atoms with E-state index in [4.69, 9.17) is 4.74 Å². The van der Waals surface area contributed by atoms with Crippen LogP contribution in [0, 0.1) is 5.92 Å². The molecule has 1 aliphatic rings. The lowest BCUT2D eigenvalue weighted by molar-refractivity contribution is -0.138. The van der Waals surface area contributed by atoms with Gasteiger partial charge in [-0.2, -0.15) is 0 Å². The van der Waals surface area contributed by atoms with Crippen molar-refractivity contribution in [1.82, 2.24) is 0 Å². The van der Waals surface area contributed by atoms with Crippen LogP contribution in [0.25, 0.3) is 5.57 Å².